The number of carbonyl (C=O) groups excluding carboxylic acids is 3. The fourth-order valence-electron chi connectivity index (χ4n) is 2.28. The molecule has 0 bridgehead atoms. The molecule has 0 aromatic heterocycles. The number of anilines is 1. The second-order valence-corrected chi connectivity index (χ2v) is 5.27. The standard InChI is InChI=1S/C19H15NO5/c21-15(13-7-3-1-4-8-13)11-25-19(23)17-16(22)12-24-18(17)20-14-9-5-2-6-10-14/h1-10,20H,11-12H2. The Bertz CT molecular complexity index is 827. The molecule has 1 aliphatic heterocycles. The van der Waals surface area contributed by atoms with Gasteiger partial charge < -0.3 is 14.8 Å². The largest absolute Gasteiger partial charge is 0.470 e. The molecule has 25 heavy (non-hydrogen) atoms. The topological polar surface area (TPSA) is 81.7 Å². The Balaban J connectivity index is 1.69. The van der Waals surface area contributed by atoms with Gasteiger partial charge in [-0.2, -0.15) is 0 Å². The molecular weight excluding hydrogens is 322 g/mol. The smallest absolute Gasteiger partial charge is 0.347 e. The highest BCUT2D eigenvalue weighted by Crippen LogP contribution is 2.20. The number of ether oxygens (including phenoxy) is 2. The van der Waals surface area contributed by atoms with Crippen molar-refractivity contribution in [2.24, 2.45) is 0 Å². The molecule has 0 unspecified atom stereocenters. The van der Waals surface area contributed by atoms with Crippen LogP contribution in [0.5, 0.6) is 0 Å². The fourth-order valence-corrected chi connectivity index (χ4v) is 2.28. The maximum Gasteiger partial charge on any atom is 0.347 e. The van der Waals surface area contributed by atoms with Crippen molar-refractivity contribution in [3.8, 4) is 0 Å². The molecule has 0 aliphatic carbocycles. The summed E-state index contributed by atoms with van der Waals surface area (Å²) in [6.07, 6.45) is 0. The van der Waals surface area contributed by atoms with Crippen LogP contribution in [0.25, 0.3) is 0 Å². The zero-order valence-electron chi connectivity index (χ0n) is 13.2. The number of nitrogens with one attached hydrogen (secondary N) is 1. The molecule has 1 N–H and O–H groups in total. The molecule has 3 rings (SSSR count). The molecule has 1 heterocycles. The van der Waals surface area contributed by atoms with E-state index in [1.54, 1.807) is 54.6 Å². The van der Waals surface area contributed by atoms with E-state index in [1.807, 2.05) is 6.07 Å². The average molecular weight is 337 g/mol. The van der Waals surface area contributed by atoms with Crippen molar-refractivity contribution in [3.05, 3.63) is 77.7 Å². The van der Waals surface area contributed by atoms with Crippen molar-refractivity contribution in [3.63, 3.8) is 0 Å². The van der Waals surface area contributed by atoms with Crippen molar-refractivity contribution >= 4 is 23.2 Å². The second kappa shape index (κ2) is 7.44. The highest BCUT2D eigenvalue weighted by Gasteiger charge is 2.32. The summed E-state index contributed by atoms with van der Waals surface area (Å²) in [4.78, 5) is 36.1. The van der Waals surface area contributed by atoms with Crippen molar-refractivity contribution < 1.29 is 23.9 Å². The van der Waals surface area contributed by atoms with Crippen LogP contribution in [0.4, 0.5) is 5.69 Å². The second-order valence-electron chi connectivity index (χ2n) is 5.27. The molecule has 0 radical (unpaired) electrons. The Hall–Kier alpha value is -3.41. The van der Waals surface area contributed by atoms with Gasteiger partial charge in [-0.3, -0.25) is 9.59 Å². The van der Waals surface area contributed by atoms with Gasteiger partial charge in [0.05, 0.1) is 0 Å². The maximum absolute atomic E-state index is 12.2. The van der Waals surface area contributed by atoms with Crippen molar-refractivity contribution in [2.75, 3.05) is 18.5 Å². The summed E-state index contributed by atoms with van der Waals surface area (Å²) in [6, 6.07) is 17.4. The lowest BCUT2D eigenvalue weighted by molar-refractivity contribution is -0.139. The maximum atomic E-state index is 12.2. The number of hydrogen-bond acceptors (Lipinski definition) is 6. The summed E-state index contributed by atoms with van der Waals surface area (Å²) in [5.74, 6) is -1.69. The molecular formula is C19H15NO5. The molecule has 0 atom stereocenters. The molecule has 2 aromatic rings. The number of ketones is 2. The van der Waals surface area contributed by atoms with Crippen LogP contribution in [-0.2, 0) is 19.1 Å². The predicted octanol–water partition coefficient (Wildman–Crippen LogP) is 2.34. The van der Waals surface area contributed by atoms with E-state index in [0.29, 0.717) is 11.3 Å². The number of Topliss-reactive ketones (excluding diaryl/α,β-unsaturated/α-hetero) is 2. The Morgan fingerprint density at radius 3 is 2.32 bits per heavy atom. The van der Waals surface area contributed by atoms with Gasteiger partial charge in [-0.25, -0.2) is 4.79 Å². The normalized spacial score (nSPS) is 13.4. The zero-order valence-corrected chi connectivity index (χ0v) is 13.2. The number of para-hydroxylation sites is 1. The quantitative estimate of drug-likeness (QED) is 0.495. The summed E-state index contributed by atoms with van der Waals surface area (Å²) in [6.45, 7) is -0.690. The minimum absolute atomic E-state index is 0.0355. The van der Waals surface area contributed by atoms with Crippen molar-refractivity contribution in [2.45, 2.75) is 0 Å². The molecule has 1 aliphatic rings. The van der Waals surface area contributed by atoms with Gasteiger partial charge in [0.25, 0.3) is 0 Å². The highest BCUT2D eigenvalue weighted by molar-refractivity contribution is 6.20. The van der Waals surface area contributed by atoms with E-state index in [9.17, 15) is 14.4 Å². The Labute approximate surface area is 144 Å². The molecule has 126 valence electrons. The third-order valence-corrected chi connectivity index (χ3v) is 3.52. The van der Waals surface area contributed by atoms with Crippen LogP contribution in [0.1, 0.15) is 10.4 Å². The lowest BCUT2D eigenvalue weighted by Crippen LogP contribution is -2.20. The third-order valence-electron chi connectivity index (χ3n) is 3.52. The Kier molecular flexibility index (Phi) is 4.89. The molecule has 6 nitrogen and oxygen atoms in total. The van der Waals surface area contributed by atoms with Gasteiger partial charge in [-0.1, -0.05) is 48.5 Å². The summed E-state index contributed by atoms with van der Waals surface area (Å²) in [5, 5.41) is 2.87. The monoisotopic (exact) mass is 337 g/mol. The third kappa shape index (κ3) is 3.92. The molecule has 0 amide bonds. The number of benzene rings is 2. The van der Waals surface area contributed by atoms with Crippen LogP contribution in [0.15, 0.2) is 72.1 Å². The Morgan fingerprint density at radius 1 is 1.00 bits per heavy atom. The van der Waals surface area contributed by atoms with E-state index in [0.717, 1.165) is 0 Å². The van der Waals surface area contributed by atoms with Crippen molar-refractivity contribution in [1.82, 2.24) is 0 Å². The first-order valence-corrected chi connectivity index (χ1v) is 7.63. The van der Waals surface area contributed by atoms with Gasteiger partial charge in [-0.05, 0) is 12.1 Å². The lowest BCUT2D eigenvalue weighted by Gasteiger charge is -2.08. The Morgan fingerprint density at radius 2 is 1.64 bits per heavy atom. The summed E-state index contributed by atoms with van der Waals surface area (Å²) >= 11 is 0. The molecule has 0 saturated carbocycles. The van der Waals surface area contributed by atoms with E-state index in [-0.39, 0.29) is 23.8 Å². The number of rotatable bonds is 6. The van der Waals surface area contributed by atoms with Crippen LogP contribution in [-0.4, -0.2) is 30.7 Å². The van der Waals surface area contributed by atoms with Gasteiger partial charge in [0.15, 0.2) is 24.6 Å². The lowest BCUT2D eigenvalue weighted by atomic mass is 10.1. The minimum atomic E-state index is -0.884. The first-order chi connectivity index (χ1) is 12.1. The molecule has 2 aromatic carbocycles. The zero-order chi connectivity index (χ0) is 17.6. The van der Waals surface area contributed by atoms with Gasteiger partial charge in [0.2, 0.25) is 11.7 Å². The first kappa shape index (κ1) is 16.4. The van der Waals surface area contributed by atoms with E-state index < -0.39 is 18.4 Å². The van der Waals surface area contributed by atoms with Gasteiger partial charge in [0.1, 0.15) is 0 Å². The van der Waals surface area contributed by atoms with E-state index in [2.05, 4.69) is 5.32 Å². The summed E-state index contributed by atoms with van der Waals surface area (Å²) in [7, 11) is 0. The summed E-state index contributed by atoms with van der Waals surface area (Å²) < 4.78 is 10.2. The van der Waals surface area contributed by atoms with Gasteiger partial charge in [-0.15, -0.1) is 0 Å². The average Bonchev–Trinajstić information content (AvgIpc) is 3.01. The molecule has 0 spiro atoms. The van der Waals surface area contributed by atoms with Gasteiger partial charge in [0, 0.05) is 11.3 Å². The first-order valence-electron chi connectivity index (χ1n) is 7.63. The SMILES string of the molecule is O=C1COC(Nc2ccccc2)=C1C(=O)OCC(=O)c1ccccc1. The number of hydrogen-bond donors (Lipinski definition) is 1. The van der Waals surface area contributed by atoms with E-state index in [4.69, 9.17) is 9.47 Å². The number of esters is 1. The molecule has 6 heteroatoms. The minimum Gasteiger partial charge on any atom is -0.470 e. The summed E-state index contributed by atoms with van der Waals surface area (Å²) in [5.41, 5.74) is 0.878. The number of carbonyl (C=O) groups is 3. The van der Waals surface area contributed by atoms with Crippen LogP contribution >= 0.6 is 0 Å². The molecule has 0 saturated heterocycles. The van der Waals surface area contributed by atoms with Crippen molar-refractivity contribution in [1.29, 1.82) is 0 Å². The van der Waals surface area contributed by atoms with Crippen LogP contribution in [0.2, 0.25) is 0 Å². The van der Waals surface area contributed by atoms with Crippen LogP contribution < -0.4 is 5.32 Å². The van der Waals surface area contributed by atoms with Crippen LogP contribution in [0.3, 0.4) is 0 Å². The highest BCUT2D eigenvalue weighted by atomic mass is 16.5. The fraction of sp³-hybridized carbons (Fsp3) is 0.105. The van der Waals surface area contributed by atoms with E-state index in [1.165, 1.54) is 0 Å². The molecule has 0 fully saturated rings. The van der Waals surface area contributed by atoms with Gasteiger partial charge >= 0.3 is 5.97 Å². The van der Waals surface area contributed by atoms with E-state index >= 15 is 0 Å². The predicted molar refractivity (Wildman–Crippen MR) is 89.8 cm³/mol. The van der Waals surface area contributed by atoms with Crippen LogP contribution in [0, 0.1) is 0 Å².